The summed E-state index contributed by atoms with van der Waals surface area (Å²) in [4.78, 5) is 0. The van der Waals surface area contributed by atoms with Gasteiger partial charge in [-0.15, -0.1) is 12.3 Å². The molecule has 0 saturated heterocycles. The summed E-state index contributed by atoms with van der Waals surface area (Å²) in [5, 5.41) is 7.84. The minimum Gasteiger partial charge on any atom is -0.309 e. The molecule has 3 heteroatoms. The van der Waals surface area contributed by atoms with E-state index in [-0.39, 0.29) is 0 Å². The minimum atomic E-state index is 0.338. The Kier molecular flexibility index (Phi) is 4.92. The summed E-state index contributed by atoms with van der Waals surface area (Å²) in [6.45, 7) is 3.06. The third-order valence-corrected chi connectivity index (χ3v) is 2.36. The maximum absolute atomic E-state index is 5.24. The van der Waals surface area contributed by atoms with Crippen molar-refractivity contribution in [3.8, 4) is 12.3 Å². The summed E-state index contributed by atoms with van der Waals surface area (Å²) in [7, 11) is 1.94. The van der Waals surface area contributed by atoms with Gasteiger partial charge in [0.25, 0.3) is 0 Å². The van der Waals surface area contributed by atoms with Crippen molar-refractivity contribution in [2.75, 3.05) is 6.54 Å². The van der Waals surface area contributed by atoms with Crippen LogP contribution in [0.15, 0.2) is 12.3 Å². The highest BCUT2D eigenvalue weighted by molar-refractivity contribution is 5.05. The van der Waals surface area contributed by atoms with Crippen LogP contribution in [0.4, 0.5) is 0 Å². The highest BCUT2D eigenvalue weighted by Gasteiger charge is 2.11. The molecular formula is C12H19N3. The molecular weight excluding hydrogens is 186 g/mol. The molecule has 15 heavy (non-hydrogen) atoms. The molecule has 0 aliphatic carbocycles. The van der Waals surface area contributed by atoms with Gasteiger partial charge >= 0.3 is 0 Å². The maximum atomic E-state index is 5.24. The second kappa shape index (κ2) is 6.26. The van der Waals surface area contributed by atoms with Gasteiger partial charge in [0.1, 0.15) is 0 Å². The molecule has 0 aromatic carbocycles. The van der Waals surface area contributed by atoms with E-state index in [1.54, 1.807) is 0 Å². The van der Waals surface area contributed by atoms with Crippen LogP contribution in [0.1, 0.15) is 37.9 Å². The number of nitrogens with zero attached hydrogens (tertiary/aromatic N) is 2. The van der Waals surface area contributed by atoms with Crippen LogP contribution in [0.2, 0.25) is 0 Å². The highest BCUT2D eigenvalue weighted by atomic mass is 15.3. The van der Waals surface area contributed by atoms with E-state index in [2.05, 4.69) is 29.3 Å². The Morgan fingerprint density at radius 2 is 2.47 bits per heavy atom. The zero-order valence-corrected chi connectivity index (χ0v) is 9.53. The molecule has 0 saturated carbocycles. The van der Waals surface area contributed by atoms with Gasteiger partial charge in [0.15, 0.2) is 0 Å². The van der Waals surface area contributed by atoms with Crippen LogP contribution < -0.4 is 5.32 Å². The summed E-state index contributed by atoms with van der Waals surface area (Å²) >= 11 is 0. The molecule has 0 aliphatic rings. The number of aromatic nitrogens is 2. The van der Waals surface area contributed by atoms with Crippen LogP contribution in [0.3, 0.4) is 0 Å². The Hall–Kier alpha value is -1.27. The van der Waals surface area contributed by atoms with Crippen LogP contribution in [0.25, 0.3) is 0 Å². The number of terminal acetylenes is 1. The van der Waals surface area contributed by atoms with Gasteiger partial charge in [-0.3, -0.25) is 4.68 Å². The molecule has 82 valence electrons. The molecule has 1 atom stereocenters. The predicted molar refractivity (Wildman–Crippen MR) is 62.3 cm³/mol. The maximum Gasteiger partial charge on any atom is 0.0793 e. The van der Waals surface area contributed by atoms with Gasteiger partial charge in [-0.05, 0) is 25.5 Å². The van der Waals surface area contributed by atoms with Crippen LogP contribution in [-0.4, -0.2) is 16.3 Å². The molecule has 3 nitrogen and oxygen atoms in total. The lowest BCUT2D eigenvalue weighted by Gasteiger charge is -2.14. The van der Waals surface area contributed by atoms with Gasteiger partial charge in [-0.25, -0.2) is 0 Å². The van der Waals surface area contributed by atoms with Crippen LogP contribution in [-0.2, 0) is 7.05 Å². The van der Waals surface area contributed by atoms with E-state index in [0.29, 0.717) is 6.04 Å². The van der Waals surface area contributed by atoms with Crippen molar-refractivity contribution < 1.29 is 0 Å². The number of hydrogen-bond acceptors (Lipinski definition) is 2. The first kappa shape index (κ1) is 11.8. The molecule has 0 fully saturated rings. The Labute approximate surface area is 91.9 Å². The molecule has 1 heterocycles. The minimum absolute atomic E-state index is 0.338. The first-order valence-electron chi connectivity index (χ1n) is 5.44. The van der Waals surface area contributed by atoms with Crippen LogP contribution >= 0.6 is 0 Å². The van der Waals surface area contributed by atoms with E-state index < -0.39 is 0 Å². The molecule has 1 rings (SSSR count). The Balaban J connectivity index is 2.54. The first-order valence-corrected chi connectivity index (χ1v) is 5.44. The zero-order chi connectivity index (χ0) is 11.1. The number of unbranched alkanes of at least 4 members (excludes halogenated alkanes) is 1. The predicted octanol–water partition coefficient (Wildman–Crippen LogP) is 1.87. The SMILES string of the molecule is C#CCCCC(NCC)c1ccn(C)n1. The standard InChI is InChI=1S/C12H19N3/c1-4-6-7-8-11(13-5-2)12-9-10-15(3)14-12/h1,9-11,13H,5-8H2,2-3H3. The van der Waals surface area contributed by atoms with E-state index in [4.69, 9.17) is 6.42 Å². The molecule has 0 spiro atoms. The Morgan fingerprint density at radius 3 is 3.00 bits per heavy atom. The van der Waals surface area contributed by atoms with Crippen molar-refractivity contribution in [2.45, 2.75) is 32.2 Å². The van der Waals surface area contributed by atoms with Gasteiger partial charge < -0.3 is 5.32 Å². The fraction of sp³-hybridized carbons (Fsp3) is 0.583. The lowest BCUT2D eigenvalue weighted by Crippen LogP contribution is -2.21. The van der Waals surface area contributed by atoms with Crippen molar-refractivity contribution >= 4 is 0 Å². The van der Waals surface area contributed by atoms with Crippen molar-refractivity contribution in [2.24, 2.45) is 7.05 Å². The summed E-state index contributed by atoms with van der Waals surface area (Å²) in [5.41, 5.74) is 1.11. The van der Waals surface area contributed by atoms with E-state index >= 15 is 0 Å². The van der Waals surface area contributed by atoms with Gasteiger partial charge in [-0.1, -0.05) is 6.92 Å². The molecule has 0 aliphatic heterocycles. The second-order valence-corrected chi connectivity index (χ2v) is 3.62. The zero-order valence-electron chi connectivity index (χ0n) is 9.53. The first-order chi connectivity index (χ1) is 7.27. The largest absolute Gasteiger partial charge is 0.309 e. The third-order valence-electron chi connectivity index (χ3n) is 2.36. The third kappa shape index (κ3) is 3.77. The molecule has 0 radical (unpaired) electrons. The summed E-state index contributed by atoms with van der Waals surface area (Å²) < 4.78 is 1.83. The van der Waals surface area contributed by atoms with Gasteiger partial charge in [0, 0.05) is 19.7 Å². The van der Waals surface area contributed by atoms with Crippen LogP contribution in [0, 0.1) is 12.3 Å². The summed E-state index contributed by atoms with van der Waals surface area (Å²) in [6.07, 6.45) is 10.2. The molecule has 0 amide bonds. The topological polar surface area (TPSA) is 29.9 Å². The molecule has 1 unspecified atom stereocenters. The van der Waals surface area contributed by atoms with Gasteiger partial charge in [0.2, 0.25) is 0 Å². The van der Waals surface area contributed by atoms with E-state index in [1.165, 1.54) is 0 Å². The number of rotatable bonds is 6. The molecule has 1 N–H and O–H groups in total. The van der Waals surface area contributed by atoms with Gasteiger partial charge in [0.05, 0.1) is 11.7 Å². The van der Waals surface area contributed by atoms with Gasteiger partial charge in [-0.2, -0.15) is 5.10 Å². The van der Waals surface area contributed by atoms with Crippen LogP contribution in [0.5, 0.6) is 0 Å². The number of nitrogens with one attached hydrogen (secondary N) is 1. The lowest BCUT2D eigenvalue weighted by molar-refractivity contribution is 0.485. The Bertz CT molecular complexity index is 322. The molecule has 0 bridgehead atoms. The monoisotopic (exact) mass is 205 g/mol. The highest BCUT2D eigenvalue weighted by Crippen LogP contribution is 2.16. The fourth-order valence-electron chi connectivity index (χ4n) is 1.63. The molecule has 1 aromatic rings. The molecule has 1 aromatic heterocycles. The second-order valence-electron chi connectivity index (χ2n) is 3.62. The number of hydrogen-bond donors (Lipinski definition) is 1. The van der Waals surface area contributed by atoms with E-state index in [1.807, 2.05) is 17.9 Å². The van der Waals surface area contributed by atoms with Crippen molar-refractivity contribution in [1.29, 1.82) is 0 Å². The smallest absolute Gasteiger partial charge is 0.0793 e. The Morgan fingerprint density at radius 1 is 1.67 bits per heavy atom. The fourth-order valence-corrected chi connectivity index (χ4v) is 1.63. The number of aryl methyl sites for hydroxylation is 1. The summed E-state index contributed by atoms with van der Waals surface area (Å²) in [5.74, 6) is 2.67. The van der Waals surface area contributed by atoms with Crippen molar-refractivity contribution in [3.05, 3.63) is 18.0 Å². The lowest BCUT2D eigenvalue weighted by atomic mass is 10.1. The van der Waals surface area contributed by atoms with Crippen molar-refractivity contribution in [3.63, 3.8) is 0 Å². The summed E-state index contributed by atoms with van der Waals surface area (Å²) in [6, 6.07) is 2.40. The van der Waals surface area contributed by atoms with Crippen molar-refractivity contribution in [1.82, 2.24) is 15.1 Å². The average molecular weight is 205 g/mol. The normalized spacial score (nSPS) is 12.3. The van der Waals surface area contributed by atoms with E-state index in [0.717, 1.165) is 31.5 Å². The quantitative estimate of drug-likeness (QED) is 0.567. The average Bonchev–Trinajstić information content (AvgIpc) is 2.64. The van der Waals surface area contributed by atoms with E-state index in [9.17, 15) is 0 Å².